The molecule has 4 aromatic heterocycles. The molecule has 1 aliphatic heterocycles. The summed E-state index contributed by atoms with van der Waals surface area (Å²) in [5.41, 5.74) is 2.60. The molecule has 32 heavy (non-hydrogen) atoms. The summed E-state index contributed by atoms with van der Waals surface area (Å²) in [5.74, 6) is 0.0145. The molecule has 0 aromatic carbocycles. The molecule has 0 saturated carbocycles. The van der Waals surface area contributed by atoms with Gasteiger partial charge in [-0.1, -0.05) is 0 Å². The lowest BCUT2D eigenvalue weighted by atomic mass is 10.1. The number of hydrazone groups is 1. The average molecular weight is 433 g/mol. The topological polar surface area (TPSA) is 115 Å². The second-order valence-electron chi connectivity index (χ2n) is 7.33. The van der Waals surface area contributed by atoms with Gasteiger partial charge in [-0.05, 0) is 38.1 Å². The van der Waals surface area contributed by atoms with Crippen molar-refractivity contribution in [1.82, 2.24) is 19.6 Å². The highest BCUT2D eigenvalue weighted by Crippen LogP contribution is 2.33. The molecule has 5 rings (SSSR count). The van der Waals surface area contributed by atoms with Crippen molar-refractivity contribution in [2.75, 3.05) is 6.61 Å². The lowest BCUT2D eigenvalue weighted by molar-refractivity contribution is -0.136. The highest BCUT2D eigenvalue weighted by Gasteiger charge is 2.36. The predicted octanol–water partition coefficient (Wildman–Crippen LogP) is 3.07. The monoisotopic (exact) mass is 433 g/mol. The number of amides is 1. The fourth-order valence-corrected chi connectivity index (χ4v) is 3.83. The minimum Gasteiger partial charge on any atom is -0.467 e. The largest absolute Gasteiger partial charge is 0.467 e. The van der Waals surface area contributed by atoms with Crippen LogP contribution in [0, 0.1) is 13.8 Å². The molecule has 4 aromatic rings. The second kappa shape index (κ2) is 7.80. The van der Waals surface area contributed by atoms with Gasteiger partial charge in [-0.3, -0.25) is 4.79 Å². The molecule has 0 spiro atoms. The summed E-state index contributed by atoms with van der Waals surface area (Å²) >= 11 is 0. The molecule has 10 nitrogen and oxygen atoms in total. The smallest absolute Gasteiger partial charge is 0.342 e. The number of fused-ring (bicyclic) bond motifs is 1. The van der Waals surface area contributed by atoms with E-state index in [1.165, 1.54) is 11.3 Å². The number of hydrogen-bond acceptors (Lipinski definition) is 8. The van der Waals surface area contributed by atoms with E-state index in [0.29, 0.717) is 40.7 Å². The Kier molecular flexibility index (Phi) is 4.81. The Labute approximate surface area is 182 Å². The maximum absolute atomic E-state index is 13.0. The first-order valence-electron chi connectivity index (χ1n) is 9.98. The minimum absolute atomic E-state index is 0.276. The number of hydrogen-bond donors (Lipinski definition) is 0. The van der Waals surface area contributed by atoms with Crippen LogP contribution in [0.25, 0.3) is 5.65 Å². The molecule has 0 saturated heterocycles. The second-order valence-corrected chi connectivity index (χ2v) is 7.33. The fraction of sp³-hybridized carbons (Fsp3) is 0.227. The first kappa shape index (κ1) is 19.7. The molecule has 0 aliphatic carbocycles. The van der Waals surface area contributed by atoms with E-state index in [2.05, 4.69) is 15.2 Å². The molecule has 1 amide bonds. The van der Waals surface area contributed by atoms with E-state index < -0.39 is 24.5 Å². The van der Waals surface area contributed by atoms with E-state index in [9.17, 15) is 9.59 Å². The van der Waals surface area contributed by atoms with E-state index in [4.69, 9.17) is 13.6 Å². The molecular formula is C22H19N5O5. The van der Waals surface area contributed by atoms with Gasteiger partial charge in [-0.2, -0.15) is 10.2 Å². The van der Waals surface area contributed by atoms with Crippen molar-refractivity contribution >= 4 is 23.2 Å². The summed E-state index contributed by atoms with van der Waals surface area (Å²) in [7, 11) is 0. The molecule has 5 heterocycles. The third-order valence-corrected chi connectivity index (χ3v) is 5.32. The van der Waals surface area contributed by atoms with Crippen LogP contribution in [0.15, 0.2) is 63.0 Å². The molecule has 0 fully saturated rings. The molecule has 1 atom stereocenters. The maximum Gasteiger partial charge on any atom is 0.342 e. The quantitative estimate of drug-likeness (QED) is 0.444. The predicted molar refractivity (Wildman–Crippen MR) is 111 cm³/mol. The highest BCUT2D eigenvalue weighted by atomic mass is 16.5. The Morgan fingerprint density at radius 2 is 1.97 bits per heavy atom. The number of furan rings is 2. The Bertz CT molecular complexity index is 1320. The van der Waals surface area contributed by atoms with Gasteiger partial charge in [0.1, 0.15) is 28.8 Å². The van der Waals surface area contributed by atoms with Gasteiger partial charge in [0.15, 0.2) is 12.3 Å². The Morgan fingerprint density at radius 1 is 1.16 bits per heavy atom. The van der Waals surface area contributed by atoms with E-state index >= 15 is 0 Å². The van der Waals surface area contributed by atoms with Crippen molar-refractivity contribution < 1.29 is 23.2 Å². The highest BCUT2D eigenvalue weighted by molar-refractivity contribution is 6.01. The van der Waals surface area contributed by atoms with Crippen molar-refractivity contribution in [2.45, 2.75) is 26.3 Å². The number of nitrogens with zero attached hydrogens (tertiary/aromatic N) is 5. The van der Waals surface area contributed by atoms with Crippen molar-refractivity contribution in [3.8, 4) is 0 Å². The van der Waals surface area contributed by atoms with Gasteiger partial charge in [0.2, 0.25) is 0 Å². The average Bonchev–Trinajstić information content (AvgIpc) is 3.56. The molecule has 1 unspecified atom stereocenters. The molecular weight excluding hydrogens is 414 g/mol. The van der Waals surface area contributed by atoms with Crippen LogP contribution >= 0.6 is 0 Å². The summed E-state index contributed by atoms with van der Waals surface area (Å²) in [6.45, 7) is 2.98. The van der Waals surface area contributed by atoms with E-state index in [-0.39, 0.29) is 5.56 Å². The van der Waals surface area contributed by atoms with Crippen LogP contribution in [-0.4, -0.2) is 43.8 Å². The van der Waals surface area contributed by atoms with E-state index in [0.717, 1.165) is 0 Å². The van der Waals surface area contributed by atoms with Crippen molar-refractivity contribution in [3.05, 3.63) is 77.5 Å². The van der Waals surface area contributed by atoms with Gasteiger partial charge in [-0.25, -0.2) is 19.3 Å². The van der Waals surface area contributed by atoms with E-state index in [1.54, 1.807) is 61.2 Å². The first-order chi connectivity index (χ1) is 15.5. The van der Waals surface area contributed by atoms with Gasteiger partial charge < -0.3 is 13.6 Å². The van der Waals surface area contributed by atoms with Crippen molar-refractivity contribution in [1.29, 1.82) is 0 Å². The first-order valence-corrected chi connectivity index (χ1v) is 9.98. The molecule has 0 N–H and O–H groups in total. The number of carbonyl (C=O) groups excluding carboxylic acids is 2. The number of aryl methyl sites for hydroxylation is 2. The zero-order chi connectivity index (χ0) is 22.2. The van der Waals surface area contributed by atoms with Crippen LogP contribution < -0.4 is 0 Å². The van der Waals surface area contributed by atoms with Gasteiger partial charge in [0.05, 0.1) is 30.1 Å². The minimum atomic E-state index is -0.651. The third kappa shape index (κ3) is 3.35. The van der Waals surface area contributed by atoms with Gasteiger partial charge in [0, 0.05) is 12.5 Å². The normalized spacial score (nSPS) is 15.9. The molecule has 0 bridgehead atoms. The number of rotatable bonds is 5. The standard InChI is InChI=1S/C22H19N5O5/c1-13-21(14(2)26-19(24-13)7-8-23-26)22(29)32-12-20(28)27-16(18-6-4-10-31-18)11-15(25-27)17-5-3-9-30-17/h3-10,16H,11-12H2,1-2H3. The van der Waals surface area contributed by atoms with Gasteiger partial charge in [-0.15, -0.1) is 0 Å². The van der Waals surface area contributed by atoms with Crippen LogP contribution in [0.5, 0.6) is 0 Å². The van der Waals surface area contributed by atoms with E-state index in [1.807, 2.05) is 0 Å². The van der Waals surface area contributed by atoms with Crippen LogP contribution in [0.4, 0.5) is 0 Å². The number of aromatic nitrogens is 3. The lowest BCUT2D eigenvalue weighted by Crippen LogP contribution is -2.31. The molecule has 10 heteroatoms. The number of carbonyl (C=O) groups is 2. The Balaban J connectivity index is 1.36. The summed E-state index contributed by atoms with van der Waals surface area (Å²) in [4.78, 5) is 30.1. The molecule has 162 valence electrons. The molecule has 1 aliphatic rings. The van der Waals surface area contributed by atoms with Crippen LogP contribution in [0.2, 0.25) is 0 Å². The Hall–Kier alpha value is -4.21. The van der Waals surface area contributed by atoms with Crippen LogP contribution in [0.1, 0.15) is 45.7 Å². The van der Waals surface area contributed by atoms with Crippen LogP contribution in [-0.2, 0) is 9.53 Å². The number of esters is 1. The summed E-state index contributed by atoms with van der Waals surface area (Å²) in [5, 5.41) is 9.86. The summed E-state index contributed by atoms with van der Waals surface area (Å²) in [6.07, 6.45) is 5.09. The maximum atomic E-state index is 13.0. The summed E-state index contributed by atoms with van der Waals surface area (Å²) < 4.78 is 17.8. The Morgan fingerprint density at radius 3 is 2.72 bits per heavy atom. The third-order valence-electron chi connectivity index (χ3n) is 5.32. The van der Waals surface area contributed by atoms with Gasteiger partial charge in [0.25, 0.3) is 5.91 Å². The lowest BCUT2D eigenvalue weighted by Gasteiger charge is -2.20. The van der Waals surface area contributed by atoms with Gasteiger partial charge >= 0.3 is 5.97 Å². The zero-order valence-electron chi connectivity index (χ0n) is 17.4. The SMILES string of the molecule is Cc1nc2ccnn2c(C)c1C(=O)OCC(=O)N1N=C(c2ccco2)CC1c1ccco1. The van der Waals surface area contributed by atoms with Crippen molar-refractivity contribution in [3.63, 3.8) is 0 Å². The fourth-order valence-electron chi connectivity index (χ4n) is 3.83. The van der Waals surface area contributed by atoms with Crippen molar-refractivity contribution in [2.24, 2.45) is 5.10 Å². The zero-order valence-corrected chi connectivity index (χ0v) is 17.4. The number of ether oxygens (including phenoxy) is 1. The molecule has 0 radical (unpaired) electrons. The van der Waals surface area contributed by atoms with Crippen LogP contribution in [0.3, 0.4) is 0 Å². The summed E-state index contributed by atoms with van der Waals surface area (Å²) in [6, 6.07) is 8.33.